The summed E-state index contributed by atoms with van der Waals surface area (Å²) in [7, 11) is 0. The maximum absolute atomic E-state index is 3.73. The molecule has 1 aliphatic carbocycles. The summed E-state index contributed by atoms with van der Waals surface area (Å²) in [4.78, 5) is 0. The van der Waals surface area contributed by atoms with Crippen LogP contribution in [-0.2, 0) is 0 Å². The maximum Gasteiger partial charge on any atom is 0.00696 e. The lowest BCUT2D eigenvalue weighted by Crippen LogP contribution is -2.34. The van der Waals surface area contributed by atoms with Crippen LogP contribution in [0.2, 0.25) is 0 Å². The second-order valence-electron chi connectivity index (χ2n) is 5.34. The first-order valence-corrected chi connectivity index (χ1v) is 7.06. The van der Waals surface area contributed by atoms with Crippen LogP contribution in [0.3, 0.4) is 0 Å². The molecule has 15 heavy (non-hydrogen) atoms. The summed E-state index contributed by atoms with van der Waals surface area (Å²) in [6.45, 7) is 5.93. The Kier molecular flexibility index (Phi) is 7.08. The molecule has 0 saturated heterocycles. The molecule has 0 amide bonds. The Morgan fingerprint density at radius 2 is 1.87 bits per heavy atom. The topological polar surface area (TPSA) is 12.0 Å². The third-order valence-corrected chi connectivity index (χ3v) is 3.65. The highest BCUT2D eigenvalue weighted by molar-refractivity contribution is 4.75. The van der Waals surface area contributed by atoms with E-state index in [4.69, 9.17) is 0 Å². The van der Waals surface area contributed by atoms with Crippen LogP contribution in [-0.4, -0.2) is 12.6 Å². The highest BCUT2D eigenvalue weighted by Gasteiger charge is 2.17. The zero-order valence-corrected chi connectivity index (χ0v) is 10.7. The number of nitrogens with one attached hydrogen (secondary N) is 1. The Morgan fingerprint density at radius 3 is 2.60 bits per heavy atom. The summed E-state index contributed by atoms with van der Waals surface area (Å²) in [6, 6.07) is 0.833. The summed E-state index contributed by atoms with van der Waals surface area (Å²) in [5, 5.41) is 3.73. The highest BCUT2D eigenvalue weighted by atomic mass is 14.9. The quantitative estimate of drug-likeness (QED) is 0.624. The van der Waals surface area contributed by atoms with Crippen molar-refractivity contribution in [3.8, 4) is 0 Å². The van der Waals surface area contributed by atoms with Crippen molar-refractivity contribution in [1.82, 2.24) is 5.32 Å². The molecule has 1 rings (SSSR count). The van der Waals surface area contributed by atoms with Crippen LogP contribution in [0.5, 0.6) is 0 Å². The zero-order chi connectivity index (χ0) is 10.9. The third-order valence-electron chi connectivity index (χ3n) is 3.65. The van der Waals surface area contributed by atoms with E-state index in [-0.39, 0.29) is 0 Å². The minimum absolute atomic E-state index is 0.833. The molecule has 0 heterocycles. The number of unbranched alkanes of at least 4 members (excludes halogenated alkanes) is 4. The van der Waals surface area contributed by atoms with Crippen molar-refractivity contribution in [2.75, 3.05) is 6.54 Å². The van der Waals surface area contributed by atoms with E-state index < -0.39 is 0 Å². The van der Waals surface area contributed by atoms with Crippen molar-refractivity contribution in [3.63, 3.8) is 0 Å². The van der Waals surface area contributed by atoms with Gasteiger partial charge in [0.15, 0.2) is 0 Å². The van der Waals surface area contributed by atoms with E-state index in [1.165, 1.54) is 64.3 Å². The number of rotatable bonds is 7. The second kappa shape index (κ2) is 8.15. The molecule has 0 spiro atoms. The average Bonchev–Trinajstić information content (AvgIpc) is 2.23. The lowest BCUT2D eigenvalue weighted by molar-refractivity contribution is 0.300. The van der Waals surface area contributed by atoms with Gasteiger partial charge in [-0.1, -0.05) is 52.4 Å². The first kappa shape index (κ1) is 13.0. The van der Waals surface area contributed by atoms with Crippen molar-refractivity contribution in [2.45, 2.75) is 77.7 Å². The third kappa shape index (κ3) is 6.19. The molecular weight excluding hydrogens is 182 g/mol. The van der Waals surface area contributed by atoms with Gasteiger partial charge in [0.2, 0.25) is 0 Å². The van der Waals surface area contributed by atoms with Gasteiger partial charge in [-0.2, -0.15) is 0 Å². The van der Waals surface area contributed by atoms with E-state index in [9.17, 15) is 0 Å². The van der Waals surface area contributed by atoms with Gasteiger partial charge in [-0.25, -0.2) is 0 Å². The summed E-state index contributed by atoms with van der Waals surface area (Å²) < 4.78 is 0. The van der Waals surface area contributed by atoms with E-state index in [1.54, 1.807) is 0 Å². The largest absolute Gasteiger partial charge is 0.314 e. The molecule has 0 aliphatic heterocycles. The van der Waals surface area contributed by atoms with E-state index in [0.717, 1.165) is 12.0 Å². The fraction of sp³-hybridized carbons (Fsp3) is 1.00. The van der Waals surface area contributed by atoms with Crippen LogP contribution in [0.1, 0.15) is 71.6 Å². The Bertz CT molecular complexity index is 144. The lowest BCUT2D eigenvalue weighted by atomic mass is 9.87. The smallest absolute Gasteiger partial charge is 0.00696 e. The molecule has 1 nitrogen and oxygen atoms in total. The summed E-state index contributed by atoms with van der Waals surface area (Å²) in [5.74, 6) is 0.955. The Morgan fingerprint density at radius 1 is 1.07 bits per heavy atom. The molecule has 0 aromatic heterocycles. The van der Waals surface area contributed by atoms with E-state index in [1.807, 2.05) is 0 Å². The predicted octanol–water partition coefficient (Wildman–Crippen LogP) is 4.13. The van der Waals surface area contributed by atoms with Crippen molar-refractivity contribution in [2.24, 2.45) is 5.92 Å². The van der Waals surface area contributed by atoms with Crippen LogP contribution in [0.15, 0.2) is 0 Å². The second-order valence-corrected chi connectivity index (χ2v) is 5.34. The van der Waals surface area contributed by atoms with Gasteiger partial charge in [0.05, 0.1) is 0 Å². The molecule has 1 saturated carbocycles. The molecule has 1 heteroatoms. The number of hydrogen-bond donors (Lipinski definition) is 1. The Labute approximate surface area is 96.0 Å². The first-order chi connectivity index (χ1) is 7.33. The van der Waals surface area contributed by atoms with Gasteiger partial charge in [0.1, 0.15) is 0 Å². The summed E-state index contributed by atoms with van der Waals surface area (Å²) in [6.07, 6.45) is 12.7. The fourth-order valence-electron chi connectivity index (χ4n) is 2.65. The maximum atomic E-state index is 3.73. The Balaban J connectivity index is 1.90. The van der Waals surface area contributed by atoms with Gasteiger partial charge in [-0.15, -0.1) is 0 Å². The Hall–Kier alpha value is -0.0400. The summed E-state index contributed by atoms with van der Waals surface area (Å²) >= 11 is 0. The van der Waals surface area contributed by atoms with Crippen LogP contribution < -0.4 is 5.32 Å². The minimum Gasteiger partial charge on any atom is -0.314 e. The SMILES string of the molecule is CCCCCCCNC1CCCC(C)C1. The van der Waals surface area contributed by atoms with Crippen molar-refractivity contribution in [1.29, 1.82) is 0 Å². The van der Waals surface area contributed by atoms with Gasteiger partial charge in [0.25, 0.3) is 0 Å². The average molecular weight is 211 g/mol. The van der Waals surface area contributed by atoms with Crippen molar-refractivity contribution >= 4 is 0 Å². The molecule has 1 fully saturated rings. The van der Waals surface area contributed by atoms with Crippen LogP contribution in [0.4, 0.5) is 0 Å². The molecule has 1 aliphatic rings. The summed E-state index contributed by atoms with van der Waals surface area (Å²) in [5.41, 5.74) is 0. The standard InChI is InChI=1S/C14H29N/c1-3-4-5-6-7-11-15-14-10-8-9-13(2)12-14/h13-15H,3-12H2,1-2H3. The molecule has 0 bridgehead atoms. The van der Waals surface area contributed by atoms with Gasteiger partial charge in [0, 0.05) is 6.04 Å². The first-order valence-electron chi connectivity index (χ1n) is 7.06. The molecule has 0 aromatic rings. The van der Waals surface area contributed by atoms with E-state index in [2.05, 4.69) is 19.2 Å². The van der Waals surface area contributed by atoms with Crippen LogP contribution in [0, 0.1) is 5.92 Å². The van der Waals surface area contributed by atoms with Crippen LogP contribution in [0.25, 0.3) is 0 Å². The van der Waals surface area contributed by atoms with Crippen molar-refractivity contribution < 1.29 is 0 Å². The molecule has 2 atom stereocenters. The molecule has 0 aromatic carbocycles. The van der Waals surface area contributed by atoms with Gasteiger partial charge in [-0.05, 0) is 31.7 Å². The number of hydrogen-bond acceptors (Lipinski definition) is 1. The molecule has 1 N–H and O–H groups in total. The zero-order valence-electron chi connectivity index (χ0n) is 10.7. The predicted molar refractivity (Wildman–Crippen MR) is 68.2 cm³/mol. The molecule has 2 unspecified atom stereocenters. The molecular formula is C14H29N. The minimum atomic E-state index is 0.833. The van der Waals surface area contributed by atoms with Gasteiger partial charge >= 0.3 is 0 Å². The van der Waals surface area contributed by atoms with E-state index in [0.29, 0.717) is 0 Å². The van der Waals surface area contributed by atoms with E-state index >= 15 is 0 Å². The fourth-order valence-corrected chi connectivity index (χ4v) is 2.65. The molecule has 90 valence electrons. The van der Waals surface area contributed by atoms with Crippen molar-refractivity contribution in [3.05, 3.63) is 0 Å². The van der Waals surface area contributed by atoms with Gasteiger partial charge in [-0.3, -0.25) is 0 Å². The van der Waals surface area contributed by atoms with Crippen LogP contribution >= 0.6 is 0 Å². The van der Waals surface area contributed by atoms with Gasteiger partial charge < -0.3 is 5.32 Å². The molecule has 0 radical (unpaired) electrons. The highest BCUT2D eigenvalue weighted by Crippen LogP contribution is 2.23. The normalized spacial score (nSPS) is 26.8. The lowest BCUT2D eigenvalue weighted by Gasteiger charge is -2.27. The monoisotopic (exact) mass is 211 g/mol.